The fourth-order valence-corrected chi connectivity index (χ4v) is 5.24. The number of imide groups is 1. The standard InChI is InChI=1S/C19H25FN2O4S/c20-17-9-7-15(8-10-17)16-4-1-2-11-21(14-16)27(25,26)13-12-22-18(23)5-3-6-19(22)24/h7-10,16H,1-6,11-14H2/t16-/m0/s1. The van der Waals surface area contributed by atoms with E-state index in [0.29, 0.717) is 32.4 Å². The summed E-state index contributed by atoms with van der Waals surface area (Å²) in [6.45, 7) is 0.690. The average Bonchev–Trinajstić information content (AvgIpc) is 2.89. The second-order valence-corrected chi connectivity index (χ2v) is 9.30. The second kappa shape index (κ2) is 8.48. The molecule has 0 bridgehead atoms. The Morgan fingerprint density at radius 3 is 2.33 bits per heavy atom. The molecule has 148 valence electrons. The van der Waals surface area contributed by atoms with Crippen LogP contribution in [0.25, 0.3) is 0 Å². The van der Waals surface area contributed by atoms with Gasteiger partial charge >= 0.3 is 0 Å². The van der Waals surface area contributed by atoms with E-state index in [0.717, 1.165) is 29.7 Å². The molecule has 1 aromatic carbocycles. The number of halogens is 1. The summed E-state index contributed by atoms with van der Waals surface area (Å²) in [5, 5.41) is 0. The van der Waals surface area contributed by atoms with Crippen LogP contribution >= 0.6 is 0 Å². The molecule has 0 saturated carbocycles. The summed E-state index contributed by atoms with van der Waals surface area (Å²) in [4.78, 5) is 24.8. The zero-order valence-corrected chi connectivity index (χ0v) is 16.1. The maximum atomic E-state index is 13.2. The van der Waals surface area contributed by atoms with E-state index < -0.39 is 10.0 Å². The van der Waals surface area contributed by atoms with Crippen molar-refractivity contribution in [2.45, 2.75) is 44.4 Å². The van der Waals surface area contributed by atoms with Crippen LogP contribution in [0.2, 0.25) is 0 Å². The Labute approximate surface area is 159 Å². The van der Waals surface area contributed by atoms with E-state index in [1.807, 2.05) is 0 Å². The van der Waals surface area contributed by atoms with Gasteiger partial charge in [0.1, 0.15) is 5.82 Å². The lowest BCUT2D eigenvalue weighted by Gasteiger charge is -2.27. The van der Waals surface area contributed by atoms with Crippen molar-refractivity contribution in [1.82, 2.24) is 9.21 Å². The number of benzene rings is 1. The van der Waals surface area contributed by atoms with E-state index in [9.17, 15) is 22.4 Å². The van der Waals surface area contributed by atoms with E-state index in [1.54, 1.807) is 12.1 Å². The van der Waals surface area contributed by atoms with Crippen molar-refractivity contribution in [3.05, 3.63) is 35.6 Å². The SMILES string of the molecule is O=C1CCCC(=O)N1CCS(=O)(=O)N1CCCC[C@H](c2ccc(F)cc2)C1. The van der Waals surface area contributed by atoms with Gasteiger partial charge in [0, 0.05) is 32.5 Å². The summed E-state index contributed by atoms with van der Waals surface area (Å²) >= 11 is 0. The van der Waals surface area contributed by atoms with Crippen LogP contribution in [0.15, 0.2) is 24.3 Å². The minimum absolute atomic E-state index is 0.0149. The van der Waals surface area contributed by atoms with Crippen molar-refractivity contribution in [2.75, 3.05) is 25.4 Å². The van der Waals surface area contributed by atoms with Gasteiger partial charge in [0.05, 0.1) is 5.75 Å². The van der Waals surface area contributed by atoms with E-state index >= 15 is 0 Å². The van der Waals surface area contributed by atoms with Crippen LogP contribution in [0, 0.1) is 5.82 Å². The van der Waals surface area contributed by atoms with Crippen molar-refractivity contribution in [1.29, 1.82) is 0 Å². The maximum Gasteiger partial charge on any atom is 0.229 e. The first kappa shape index (κ1) is 19.9. The highest BCUT2D eigenvalue weighted by Crippen LogP contribution is 2.28. The number of sulfonamides is 1. The van der Waals surface area contributed by atoms with Crippen LogP contribution < -0.4 is 0 Å². The molecule has 1 aromatic rings. The van der Waals surface area contributed by atoms with Crippen molar-refractivity contribution >= 4 is 21.8 Å². The molecule has 1 atom stereocenters. The summed E-state index contributed by atoms with van der Waals surface area (Å²) in [7, 11) is -3.59. The molecule has 6 nitrogen and oxygen atoms in total. The summed E-state index contributed by atoms with van der Waals surface area (Å²) in [5.41, 5.74) is 0.930. The number of piperidine rings is 1. The summed E-state index contributed by atoms with van der Waals surface area (Å²) in [5.74, 6) is -1.13. The van der Waals surface area contributed by atoms with Gasteiger partial charge in [-0.3, -0.25) is 14.5 Å². The number of rotatable bonds is 5. The van der Waals surface area contributed by atoms with E-state index in [1.165, 1.54) is 16.4 Å². The molecule has 2 saturated heterocycles. The summed E-state index contributed by atoms with van der Waals surface area (Å²) < 4.78 is 40.3. The first-order valence-electron chi connectivity index (χ1n) is 9.43. The van der Waals surface area contributed by atoms with E-state index in [-0.39, 0.29) is 35.8 Å². The summed E-state index contributed by atoms with van der Waals surface area (Å²) in [6, 6.07) is 6.21. The van der Waals surface area contributed by atoms with Gasteiger partial charge in [-0.1, -0.05) is 18.6 Å². The van der Waals surface area contributed by atoms with E-state index in [4.69, 9.17) is 0 Å². The summed E-state index contributed by atoms with van der Waals surface area (Å²) in [6.07, 6.45) is 3.63. The van der Waals surface area contributed by atoms with Crippen LogP contribution in [-0.2, 0) is 19.6 Å². The number of carbonyl (C=O) groups excluding carboxylic acids is 2. The lowest BCUT2D eigenvalue weighted by molar-refractivity contribution is -0.147. The van der Waals surface area contributed by atoms with Gasteiger partial charge in [-0.15, -0.1) is 0 Å². The topological polar surface area (TPSA) is 74.8 Å². The van der Waals surface area contributed by atoms with Crippen molar-refractivity contribution in [2.24, 2.45) is 0 Å². The molecule has 2 aliphatic rings. The minimum atomic E-state index is -3.59. The van der Waals surface area contributed by atoms with Crippen molar-refractivity contribution in [3.63, 3.8) is 0 Å². The van der Waals surface area contributed by atoms with Gasteiger partial charge < -0.3 is 0 Å². The van der Waals surface area contributed by atoms with Gasteiger partial charge in [0.25, 0.3) is 0 Å². The molecule has 2 heterocycles. The zero-order valence-electron chi connectivity index (χ0n) is 15.3. The lowest BCUT2D eigenvalue weighted by Crippen LogP contribution is -2.45. The Balaban J connectivity index is 1.67. The predicted octanol–water partition coefficient (Wildman–Crippen LogP) is 2.26. The number of likely N-dealkylation sites (tertiary alicyclic amines) is 1. The van der Waals surface area contributed by atoms with Crippen LogP contribution in [0.4, 0.5) is 4.39 Å². The van der Waals surface area contributed by atoms with Gasteiger partial charge in [-0.05, 0) is 42.9 Å². The van der Waals surface area contributed by atoms with Gasteiger partial charge in [-0.25, -0.2) is 17.1 Å². The molecular formula is C19H25FN2O4S. The van der Waals surface area contributed by atoms with Crippen molar-refractivity contribution in [3.8, 4) is 0 Å². The predicted molar refractivity (Wildman–Crippen MR) is 98.9 cm³/mol. The Bertz CT molecular complexity index is 778. The third-order valence-electron chi connectivity index (χ3n) is 5.33. The van der Waals surface area contributed by atoms with Gasteiger partial charge in [0.15, 0.2) is 0 Å². The molecule has 0 radical (unpaired) electrons. The Morgan fingerprint density at radius 1 is 1.00 bits per heavy atom. The molecule has 0 aromatic heterocycles. The minimum Gasteiger partial charge on any atom is -0.282 e. The third-order valence-corrected chi connectivity index (χ3v) is 7.14. The highest BCUT2D eigenvalue weighted by molar-refractivity contribution is 7.89. The normalized spacial score (nSPS) is 22.7. The third kappa shape index (κ3) is 4.93. The van der Waals surface area contributed by atoms with Crippen LogP contribution in [0.3, 0.4) is 0 Å². The average molecular weight is 396 g/mol. The van der Waals surface area contributed by atoms with E-state index in [2.05, 4.69) is 0 Å². The molecule has 8 heteroatoms. The number of hydrogen-bond donors (Lipinski definition) is 0. The Kier molecular flexibility index (Phi) is 6.26. The van der Waals surface area contributed by atoms with Crippen LogP contribution in [0.5, 0.6) is 0 Å². The van der Waals surface area contributed by atoms with Gasteiger partial charge in [-0.2, -0.15) is 0 Å². The van der Waals surface area contributed by atoms with Crippen LogP contribution in [0.1, 0.15) is 50.0 Å². The highest BCUT2D eigenvalue weighted by Gasteiger charge is 2.31. The maximum absolute atomic E-state index is 13.2. The largest absolute Gasteiger partial charge is 0.282 e. The molecule has 3 rings (SSSR count). The molecule has 2 fully saturated rings. The number of amides is 2. The Hall–Kier alpha value is -1.80. The molecule has 0 unspecified atom stereocenters. The van der Waals surface area contributed by atoms with Crippen molar-refractivity contribution < 1.29 is 22.4 Å². The number of carbonyl (C=O) groups is 2. The molecule has 2 amide bonds. The fourth-order valence-electron chi connectivity index (χ4n) is 3.75. The van der Waals surface area contributed by atoms with Crippen LogP contribution in [-0.4, -0.2) is 54.8 Å². The molecule has 2 aliphatic heterocycles. The zero-order chi connectivity index (χ0) is 19.4. The number of hydrogen-bond acceptors (Lipinski definition) is 4. The monoisotopic (exact) mass is 396 g/mol. The Morgan fingerprint density at radius 2 is 1.67 bits per heavy atom. The van der Waals surface area contributed by atoms with Gasteiger partial charge in [0.2, 0.25) is 21.8 Å². The molecule has 0 aliphatic carbocycles. The molecule has 0 N–H and O–H groups in total. The first-order chi connectivity index (χ1) is 12.9. The number of nitrogens with zero attached hydrogens (tertiary/aromatic N) is 2. The fraction of sp³-hybridized carbons (Fsp3) is 0.579. The molecule has 27 heavy (non-hydrogen) atoms. The molecule has 0 spiro atoms. The smallest absolute Gasteiger partial charge is 0.229 e. The quantitative estimate of drug-likeness (QED) is 0.716. The highest BCUT2D eigenvalue weighted by atomic mass is 32.2. The lowest BCUT2D eigenvalue weighted by atomic mass is 9.95. The molecular weight excluding hydrogens is 371 g/mol. The first-order valence-corrected chi connectivity index (χ1v) is 11.0. The second-order valence-electron chi connectivity index (χ2n) is 7.21.